The number of benzene rings is 2. The molecule has 2 rings (SSSR count). The number of rotatable bonds is 5. The third kappa shape index (κ3) is 3.16. The van der Waals surface area contributed by atoms with Crippen molar-refractivity contribution in [3.8, 4) is 11.1 Å². The van der Waals surface area contributed by atoms with E-state index < -0.39 is 12.1 Å². The lowest BCUT2D eigenvalue weighted by Crippen LogP contribution is -2.12. The summed E-state index contributed by atoms with van der Waals surface area (Å²) in [5, 5.41) is 6.84. The maximum atomic E-state index is 11.5. The molecule has 2 aromatic carbocycles. The molecule has 2 N–H and O–H groups in total. The van der Waals surface area contributed by atoms with Crippen molar-refractivity contribution in [2.24, 2.45) is 16.0 Å². The molecule has 2 aromatic rings. The van der Waals surface area contributed by atoms with Crippen LogP contribution in [0, 0.1) is 0 Å². The highest BCUT2D eigenvalue weighted by atomic mass is 16.1. The lowest BCUT2D eigenvalue weighted by molar-refractivity contribution is 0.100. The molecule has 0 aliphatic carbocycles. The lowest BCUT2D eigenvalue weighted by Gasteiger charge is -2.09. The quantitative estimate of drug-likeness (QED) is 0.495. The smallest absolute Gasteiger partial charge is 0.249 e. The molecule has 0 aromatic heterocycles. The largest absolute Gasteiger partial charge is 0.366 e. The molecule has 8 heteroatoms. The van der Waals surface area contributed by atoms with E-state index in [0.717, 1.165) is 5.56 Å². The van der Waals surface area contributed by atoms with Gasteiger partial charge in [-0.3, -0.25) is 4.79 Å². The Hall–Kier alpha value is -3.47. The molecule has 0 atom stereocenters. The molecule has 0 saturated carbocycles. The fraction of sp³-hybridized carbons (Fsp3) is 0.0714. The number of hydrogen-bond donors (Lipinski definition) is 1. The van der Waals surface area contributed by atoms with E-state index in [2.05, 4.69) is 20.1 Å². The minimum Gasteiger partial charge on any atom is -0.366 e. The summed E-state index contributed by atoms with van der Waals surface area (Å²) in [5.74, 6) is -0.513. The lowest BCUT2D eigenvalue weighted by atomic mass is 9.98. The van der Waals surface area contributed by atoms with E-state index in [4.69, 9.17) is 16.8 Å². The second-order valence-corrected chi connectivity index (χ2v) is 4.32. The predicted octanol–water partition coefficient (Wildman–Crippen LogP) is 4.07. The van der Waals surface area contributed by atoms with Crippen molar-refractivity contribution in [1.82, 2.24) is 0 Å². The number of hydrogen-bond acceptors (Lipinski definition) is 3. The Morgan fingerprint density at radius 3 is 2.14 bits per heavy atom. The highest BCUT2D eigenvalue weighted by Crippen LogP contribution is 2.26. The van der Waals surface area contributed by atoms with E-state index in [9.17, 15) is 4.79 Å². The Morgan fingerprint density at radius 2 is 1.59 bits per heavy atom. The van der Waals surface area contributed by atoms with Crippen molar-refractivity contribution in [1.29, 1.82) is 0 Å². The van der Waals surface area contributed by atoms with Gasteiger partial charge < -0.3 is 5.73 Å². The Kier molecular flexibility index (Phi) is 4.62. The van der Waals surface area contributed by atoms with Gasteiger partial charge in [-0.2, -0.15) is 0 Å². The Labute approximate surface area is 125 Å². The summed E-state index contributed by atoms with van der Waals surface area (Å²) >= 11 is 0. The molecule has 1 amide bonds. The zero-order chi connectivity index (χ0) is 15.9. The average Bonchev–Trinajstić information content (AvgIpc) is 2.55. The first kappa shape index (κ1) is 14.9. The second kappa shape index (κ2) is 6.81. The molecule has 0 heterocycles. The number of primary amides is 1. The van der Waals surface area contributed by atoms with Crippen LogP contribution in [0.3, 0.4) is 0 Å². The molecular formula is C14H11N7O. The minimum atomic E-state index is -0.949. The van der Waals surface area contributed by atoms with Gasteiger partial charge in [-0.1, -0.05) is 52.7 Å². The van der Waals surface area contributed by atoms with Crippen LogP contribution in [0.2, 0.25) is 0 Å². The van der Waals surface area contributed by atoms with Crippen LogP contribution in [-0.2, 0) is 0 Å². The summed E-state index contributed by atoms with van der Waals surface area (Å²) < 4.78 is 0. The number of carbonyl (C=O) groups is 1. The van der Waals surface area contributed by atoms with Crippen LogP contribution < -0.4 is 5.73 Å². The fourth-order valence-electron chi connectivity index (χ4n) is 2.04. The Balaban J connectivity index is 2.43. The maximum Gasteiger partial charge on any atom is 0.249 e. The van der Waals surface area contributed by atoms with Crippen molar-refractivity contribution < 1.29 is 4.79 Å². The van der Waals surface area contributed by atoms with Crippen LogP contribution in [0.4, 0.5) is 0 Å². The summed E-state index contributed by atoms with van der Waals surface area (Å²) in [7, 11) is 0. The van der Waals surface area contributed by atoms with E-state index in [1.165, 1.54) is 0 Å². The maximum absolute atomic E-state index is 11.5. The number of amides is 1. The second-order valence-electron chi connectivity index (χ2n) is 4.32. The normalized spacial score (nSPS) is 10.9. The first-order valence-corrected chi connectivity index (χ1v) is 6.25. The van der Waals surface area contributed by atoms with Crippen LogP contribution in [0.25, 0.3) is 32.0 Å². The van der Waals surface area contributed by atoms with Crippen molar-refractivity contribution in [2.45, 2.75) is 6.17 Å². The van der Waals surface area contributed by atoms with Crippen LogP contribution in [0.5, 0.6) is 0 Å². The third-order valence-corrected chi connectivity index (χ3v) is 3.03. The molecule has 0 bridgehead atoms. The monoisotopic (exact) mass is 293 g/mol. The number of azide groups is 1. The first-order chi connectivity index (χ1) is 10.7. The Morgan fingerprint density at radius 1 is 1.00 bits per heavy atom. The summed E-state index contributed by atoms with van der Waals surface area (Å²) in [6, 6.07) is 13.8. The molecule has 0 aliphatic heterocycles. The van der Waals surface area contributed by atoms with Crippen molar-refractivity contribution in [3.05, 3.63) is 80.5 Å². The molecule has 0 spiro atoms. The minimum absolute atomic E-state index is 0.414. The molecule has 8 nitrogen and oxygen atoms in total. The topological polar surface area (TPSA) is 141 Å². The van der Waals surface area contributed by atoms with Gasteiger partial charge in [-0.05, 0) is 33.8 Å². The number of nitrogens with two attached hydrogens (primary N) is 1. The van der Waals surface area contributed by atoms with E-state index in [1.807, 2.05) is 0 Å². The fourth-order valence-corrected chi connectivity index (χ4v) is 2.04. The van der Waals surface area contributed by atoms with Crippen LogP contribution in [0.1, 0.15) is 22.1 Å². The molecule has 0 aliphatic rings. The van der Waals surface area contributed by atoms with Gasteiger partial charge in [0, 0.05) is 15.4 Å². The predicted molar refractivity (Wildman–Crippen MR) is 81.4 cm³/mol. The van der Waals surface area contributed by atoms with E-state index >= 15 is 0 Å². The Bertz CT molecular complexity index is 769. The van der Waals surface area contributed by atoms with Gasteiger partial charge in [0.05, 0.1) is 0 Å². The number of carbonyl (C=O) groups excluding carboxylic acids is 1. The van der Waals surface area contributed by atoms with Gasteiger partial charge in [-0.15, -0.1) is 0 Å². The summed E-state index contributed by atoms with van der Waals surface area (Å²) in [5.41, 5.74) is 24.8. The first-order valence-electron chi connectivity index (χ1n) is 6.25. The van der Waals surface area contributed by atoms with Crippen molar-refractivity contribution >= 4 is 5.91 Å². The molecule has 22 heavy (non-hydrogen) atoms. The molecule has 108 valence electrons. The molecule has 0 unspecified atom stereocenters. The van der Waals surface area contributed by atoms with Gasteiger partial charge in [-0.25, -0.2) is 0 Å². The zero-order valence-corrected chi connectivity index (χ0v) is 11.4. The van der Waals surface area contributed by atoms with Gasteiger partial charge >= 0.3 is 0 Å². The summed E-state index contributed by atoms with van der Waals surface area (Å²) in [6.45, 7) is 0. The SMILES string of the molecule is [N-]=[N+]=NC(N=[N+]=[N-])c1ccc(-c2ccccc2C(N)=O)cc1. The standard InChI is InChI=1S/C14H11N7O/c15-13(22)12-4-2-1-3-11(12)9-5-7-10(8-6-9)14(18-20-16)19-21-17/h1-8,14H,(H2,15,22). The summed E-state index contributed by atoms with van der Waals surface area (Å²) in [6.07, 6.45) is -0.949. The highest BCUT2D eigenvalue weighted by Gasteiger charge is 2.11. The van der Waals surface area contributed by atoms with Gasteiger partial charge in [0.25, 0.3) is 0 Å². The van der Waals surface area contributed by atoms with E-state index in [1.54, 1.807) is 48.5 Å². The molecule has 0 fully saturated rings. The summed E-state index contributed by atoms with van der Waals surface area (Å²) in [4.78, 5) is 16.7. The zero-order valence-electron chi connectivity index (χ0n) is 11.4. The van der Waals surface area contributed by atoms with Crippen LogP contribution in [-0.4, -0.2) is 5.91 Å². The number of nitrogens with zero attached hydrogens (tertiary/aromatic N) is 6. The van der Waals surface area contributed by atoms with Gasteiger partial charge in [0.15, 0.2) is 0 Å². The van der Waals surface area contributed by atoms with Crippen molar-refractivity contribution in [3.63, 3.8) is 0 Å². The highest BCUT2D eigenvalue weighted by molar-refractivity contribution is 5.99. The molecular weight excluding hydrogens is 282 g/mol. The molecule has 0 radical (unpaired) electrons. The van der Waals surface area contributed by atoms with Gasteiger partial charge in [0.1, 0.15) is 6.17 Å². The van der Waals surface area contributed by atoms with E-state index in [0.29, 0.717) is 16.7 Å². The van der Waals surface area contributed by atoms with Crippen LogP contribution in [0.15, 0.2) is 58.8 Å². The molecule has 0 saturated heterocycles. The van der Waals surface area contributed by atoms with E-state index in [-0.39, 0.29) is 0 Å². The van der Waals surface area contributed by atoms with Crippen LogP contribution >= 0.6 is 0 Å². The average molecular weight is 293 g/mol. The van der Waals surface area contributed by atoms with Crippen molar-refractivity contribution in [2.75, 3.05) is 0 Å². The third-order valence-electron chi connectivity index (χ3n) is 3.03. The van der Waals surface area contributed by atoms with Gasteiger partial charge in [0.2, 0.25) is 5.91 Å².